The standard InChI is InChI=1S/C8H16N2.C5H10O2/c1-2-8(3-1)10-6-4-9-5-7-10;1-5(2,3)7-4-6/h8-9H,1-7H2;4H,1-3H3. The Hall–Kier alpha value is -0.610. The summed E-state index contributed by atoms with van der Waals surface area (Å²) in [5, 5.41) is 3.38. The van der Waals surface area contributed by atoms with Crippen LogP contribution in [0.5, 0.6) is 0 Å². The zero-order chi connectivity index (χ0) is 12.7. The minimum Gasteiger partial charge on any atom is -0.462 e. The van der Waals surface area contributed by atoms with Gasteiger partial charge in [-0.15, -0.1) is 0 Å². The number of carbonyl (C=O) groups is 1. The molecule has 2 fully saturated rings. The summed E-state index contributed by atoms with van der Waals surface area (Å²) in [6.07, 6.45) is 4.38. The van der Waals surface area contributed by atoms with E-state index in [1.807, 2.05) is 20.8 Å². The Morgan fingerprint density at radius 1 is 1.24 bits per heavy atom. The maximum atomic E-state index is 9.60. The summed E-state index contributed by atoms with van der Waals surface area (Å²) in [7, 11) is 0. The van der Waals surface area contributed by atoms with Crippen molar-refractivity contribution >= 4 is 6.47 Å². The molecule has 0 bridgehead atoms. The second-order valence-corrected chi connectivity index (χ2v) is 5.70. The molecule has 2 rings (SSSR count). The summed E-state index contributed by atoms with van der Waals surface area (Å²) in [4.78, 5) is 12.2. The first-order chi connectivity index (χ1) is 8.03. The molecule has 4 nitrogen and oxygen atoms in total. The molecule has 0 radical (unpaired) electrons. The van der Waals surface area contributed by atoms with Crippen LogP contribution in [0.25, 0.3) is 0 Å². The second kappa shape index (κ2) is 6.97. The van der Waals surface area contributed by atoms with Crippen molar-refractivity contribution in [2.24, 2.45) is 0 Å². The van der Waals surface area contributed by atoms with Crippen molar-refractivity contribution < 1.29 is 9.53 Å². The average molecular weight is 242 g/mol. The van der Waals surface area contributed by atoms with E-state index >= 15 is 0 Å². The minimum atomic E-state index is -0.318. The average Bonchev–Trinajstić information content (AvgIpc) is 2.15. The monoisotopic (exact) mass is 242 g/mol. The number of piperazine rings is 1. The van der Waals surface area contributed by atoms with Crippen LogP contribution in [0.3, 0.4) is 0 Å². The maximum absolute atomic E-state index is 9.60. The van der Waals surface area contributed by atoms with Gasteiger partial charge in [-0.1, -0.05) is 6.42 Å². The Bertz CT molecular complexity index is 216. The Morgan fingerprint density at radius 2 is 1.82 bits per heavy atom. The lowest BCUT2D eigenvalue weighted by Gasteiger charge is -2.39. The highest BCUT2D eigenvalue weighted by Crippen LogP contribution is 2.24. The molecule has 0 atom stereocenters. The number of nitrogens with zero attached hydrogens (tertiary/aromatic N) is 1. The van der Waals surface area contributed by atoms with Gasteiger partial charge in [0.2, 0.25) is 0 Å². The zero-order valence-corrected chi connectivity index (χ0v) is 11.4. The molecule has 4 heteroatoms. The van der Waals surface area contributed by atoms with E-state index in [1.165, 1.54) is 45.4 Å². The van der Waals surface area contributed by atoms with Gasteiger partial charge >= 0.3 is 0 Å². The molecule has 0 amide bonds. The first-order valence-electron chi connectivity index (χ1n) is 6.59. The largest absolute Gasteiger partial charge is 0.462 e. The number of nitrogens with one attached hydrogen (secondary N) is 1. The van der Waals surface area contributed by atoms with Gasteiger partial charge in [0, 0.05) is 32.2 Å². The third-order valence-electron chi connectivity index (χ3n) is 3.14. The highest BCUT2D eigenvalue weighted by atomic mass is 16.5. The van der Waals surface area contributed by atoms with Gasteiger partial charge in [-0.25, -0.2) is 0 Å². The van der Waals surface area contributed by atoms with Gasteiger partial charge in [-0.05, 0) is 33.6 Å². The van der Waals surface area contributed by atoms with Crippen molar-refractivity contribution in [3.8, 4) is 0 Å². The molecule has 0 aromatic carbocycles. The second-order valence-electron chi connectivity index (χ2n) is 5.70. The molecule has 0 aromatic heterocycles. The number of hydrogen-bond donors (Lipinski definition) is 1. The molecule has 17 heavy (non-hydrogen) atoms. The van der Waals surface area contributed by atoms with Gasteiger partial charge in [0.25, 0.3) is 6.47 Å². The molecule has 1 heterocycles. The van der Waals surface area contributed by atoms with Crippen LogP contribution in [0, 0.1) is 0 Å². The Labute approximate surface area is 105 Å². The first kappa shape index (κ1) is 14.5. The Balaban J connectivity index is 0.000000185. The summed E-state index contributed by atoms with van der Waals surface area (Å²) in [5.74, 6) is 0. The molecule has 0 unspecified atom stereocenters. The van der Waals surface area contributed by atoms with E-state index in [9.17, 15) is 4.79 Å². The summed E-state index contributed by atoms with van der Waals surface area (Å²) < 4.78 is 4.55. The Morgan fingerprint density at radius 3 is 2.12 bits per heavy atom. The quantitative estimate of drug-likeness (QED) is 0.743. The molecule has 1 aliphatic heterocycles. The van der Waals surface area contributed by atoms with Crippen molar-refractivity contribution in [2.45, 2.75) is 51.7 Å². The molecule has 0 spiro atoms. The summed E-state index contributed by atoms with van der Waals surface area (Å²) in [6.45, 7) is 10.9. The van der Waals surface area contributed by atoms with Gasteiger partial charge in [0.1, 0.15) is 5.60 Å². The lowest BCUT2D eigenvalue weighted by atomic mass is 9.91. The summed E-state index contributed by atoms with van der Waals surface area (Å²) in [6, 6.07) is 0.960. The molecule has 2 aliphatic rings. The predicted octanol–water partition coefficient (Wildman–Crippen LogP) is 1.40. The zero-order valence-electron chi connectivity index (χ0n) is 11.4. The highest BCUT2D eigenvalue weighted by molar-refractivity contribution is 5.37. The van der Waals surface area contributed by atoms with Crippen LogP contribution in [0.2, 0.25) is 0 Å². The molecule has 1 N–H and O–H groups in total. The molecular weight excluding hydrogens is 216 g/mol. The molecule has 0 aromatic rings. The third-order valence-corrected chi connectivity index (χ3v) is 3.14. The van der Waals surface area contributed by atoms with Crippen LogP contribution >= 0.6 is 0 Å². The molecule has 100 valence electrons. The van der Waals surface area contributed by atoms with E-state index in [0.717, 1.165) is 6.04 Å². The lowest BCUT2D eigenvalue weighted by molar-refractivity contribution is -0.138. The van der Waals surface area contributed by atoms with E-state index < -0.39 is 0 Å². The van der Waals surface area contributed by atoms with Gasteiger partial charge in [-0.3, -0.25) is 9.69 Å². The molecule has 1 aliphatic carbocycles. The molecule has 1 saturated carbocycles. The van der Waals surface area contributed by atoms with Crippen molar-refractivity contribution in [1.29, 1.82) is 0 Å². The Kier molecular flexibility index (Phi) is 5.92. The van der Waals surface area contributed by atoms with E-state index in [4.69, 9.17) is 0 Å². The van der Waals surface area contributed by atoms with Crippen molar-refractivity contribution in [3.63, 3.8) is 0 Å². The smallest absolute Gasteiger partial charge is 0.293 e. The van der Waals surface area contributed by atoms with Crippen LogP contribution < -0.4 is 5.32 Å². The summed E-state index contributed by atoms with van der Waals surface area (Å²) in [5.41, 5.74) is -0.318. The topological polar surface area (TPSA) is 41.6 Å². The number of ether oxygens (including phenoxy) is 1. The van der Waals surface area contributed by atoms with Crippen LogP contribution in [0.15, 0.2) is 0 Å². The van der Waals surface area contributed by atoms with Gasteiger partial charge < -0.3 is 10.1 Å². The van der Waals surface area contributed by atoms with Gasteiger partial charge in [0.05, 0.1) is 0 Å². The lowest BCUT2D eigenvalue weighted by Crippen LogP contribution is -2.50. The van der Waals surface area contributed by atoms with Gasteiger partial charge in [0.15, 0.2) is 0 Å². The SMILES string of the molecule is C1CC(N2CCNCC2)C1.CC(C)(C)OC=O. The first-order valence-corrected chi connectivity index (χ1v) is 6.59. The van der Waals surface area contributed by atoms with E-state index in [-0.39, 0.29) is 5.60 Å². The van der Waals surface area contributed by atoms with Crippen molar-refractivity contribution in [3.05, 3.63) is 0 Å². The van der Waals surface area contributed by atoms with Gasteiger partial charge in [-0.2, -0.15) is 0 Å². The predicted molar refractivity (Wildman–Crippen MR) is 69.0 cm³/mol. The fourth-order valence-electron chi connectivity index (χ4n) is 1.94. The molecule has 1 saturated heterocycles. The third kappa shape index (κ3) is 6.03. The summed E-state index contributed by atoms with van der Waals surface area (Å²) >= 11 is 0. The number of hydrogen-bond acceptors (Lipinski definition) is 4. The molecular formula is C13H26N2O2. The minimum absolute atomic E-state index is 0.318. The van der Waals surface area contributed by atoms with Crippen LogP contribution in [-0.4, -0.2) is 49.2 Å². The normalized spacial score (nSPS) is 22.1. The van der Waals surface area contributed by atoms with Crippen LogP contribution in [-0.2, 0) is 9.53 Å². The highest BCUT2D eigenvalue weighted by Gasteiger charge is 2.25. The van der Waals surface area contributed by atoms with Crippen molar-refractivity contribution in [1.82, 2.24) is 10.2 Å². The van der Waals surface area contributed by atoms with E-state index in [2.05, 4.69) is 15.0 Å². The van der Waals surface area contributed by atoms with Crippen LogP contribution in [0.1, 0.15) is 40.0 Å². The maximum Gasteiger partial charge on any atom is 0.293 e. The van der Waals surface area contributed by atoms with Crippen molar-refractivity contribution in [2.75, 3.05) is 26.2 Å². The fourth-order valence-corrected chi connectivity index (χ4v) is 1.94. The number of carbonyl (C=O) groups excluding carboxylic acids is 1. The fraction of sp³-hybridized carbons (Fsp3) is 0.923. The van der Waals surface area contributed by atoms with E-state index in [0.29, 0.717) is 6.47 Å². The number of rotatable bonds is 2. The van der Waals surface area contributed by atoms with Crippen LogP contribution in [0.4, 0.5) is 0 Å². The van der Waals surface area contributed by atoms with E-state index in [1.54, 1.807) is 0 Å².